The predicted molar refractivity (Wildman–Crippen MR) is 50.5 cm³/mol. The highest BCUT2D eigenvalue weighted by molar-refractivity contribution is 5.43. The van der Waals surface area contributed by atoms with Crippen molar-refractivity contribution in [3.8, 4) is 0 Å². The highest BCUT2D eigenvalue weighted by Gasteiger charge is 2.00. The van der Waals surface area contributed by atoms with Crippen molar-refractivity contribution in [3.05, 3.63) is 35.5 Å². The summed E-state index contributed by atoms with van der Waals surface area (Å²) in [5.74, 6) is 0. The van der Waals surface area contributed by atoms with Gasteiger partial charge in [-0.2, -0.15) is 0 Å². The number of rotatable bonds is 3. The zero-order valence-electron chi connectivity index (χ0n) is 7.43. The summed E-state index contributed by atoms with van der Waals surface area (Å²) in [6.07, 6.45) is 12.3. The summed E-state index contributed by atoms with van der Waals surface area (Å²) < 4.78 is 0. The average Bonchev–Trinajstić information content (AvgIpc) is 2.52. The molecular weight excluding hydrogens is 132 g/mol. The third kappa shape index (κ3) is 2.07. The highest BCUT2D eigenvalue weighted by atomic mass is 14.1. The summed E-state index contributed by atoms with van der Waals surface area (Å²) in [5.41, 5.74) is 3.03. The summed E-state index contributed by atoms with van der Waals surface area (Å²) in [5, 5.41) is 0. The number of hydrogen-bond acceptors (Lipinski definition) is 0. The van der Waals surface area contributed by atoms with Gasteiger partial charge in [-0.1, -0.05) is 50.1 Å². The van der Waals surface area contributed by atoms with E-state index in [1.165, 1.54) is 24.8 Å². The monoisotopic (exact) mass is 148 g/mol. The van der Waals surface area contributed by atoms with E-state index in [0.29, 0.717) is 0 Å². The lowest BCUT2D eigenvalue weighted by Crippen LogP contribution is -1.84. The standard InChI is InChI=1S/C11H16/c1-3-7-10(4-2)11-8-5-6-9-11/h5-6,8-9H,3-4,7H2,1-2H3. The Balaban J connectivity index is 2.72. The second-order valence-corrected chi connectivity index (χ2v) is 2.88. The van der Waals surface area contributed by atoms with Crippen molar-refractivity contribution >= 4 is 0 Å². The van der Waals surface area contributed by atoms with Gasteiger partial charge in [-0.25, -0.2) is 0 Å². The predicted octanol–water partition coefficient (Wildman–Crippen LogP) is 3.62. The van der Waals surface area contributed by atoms with Crippen molar-refractivity contribution in [1.82, 2.24) is 0 Å². The van der Waals surface area contributed by atoms with Crippen LogP contribution in [0.2, 0.25) is 0 Å². The third-order valence-corrected chi connectivity index (χ3v) is 2.05. The molecule has 0 fully saturated rings. The van der Waals surface area contributed by atoms with E-state index in [-0.39, 0.29) is 0 Å². The molecule has 0 amide bonds. The van der Waals surface area contributed by atoms with Gasteiger partial charge in [0.2, 0.25) is 0 Å². The van der Waals surface area contributed by atoms with Crippen LogP contribution in [0.4, 0.5) is 0 Å². The van der Waals surface area contributed by atoms with Crippen LogP contribution in [0.3, 0.4) is 0 Å². The van der Waals surface area contributed by atoms with Crippen molar-refractivity contribution in [2.45, 2.75) is 33.1 Å². The van der Waals surface area contributed by atoms with Gasteiger partial charge in [-0.3, -0.25) is 0 Å². The maximum absolute atomic E-state index is 2.23. The Labute approximate surface area is 69.3 Å². The molecule has 1 rings (SSSR count). The van der Waals surface area contributed by atoms with Gasteiger partial charge in [0, 0.05) is 0 Å². The maximum atomic E-state index is 2.23. The molecule has 0 atom stereocenters. The van der Waals surface area contributed by atoms with Gasteiger partial charge in [0.05, 0.1) is 0 Å². The van der Waals surface area contributed by atoms with E-state index < -0.39 is 0 Å². The van der Waals surface area contributed by atoms with Gasteiger partial charge in [0.1, 0.15) is 0 Å². The lowest BCUT2D eigenvalue weighted by molar-refractivity contribution is 0.852. The lowest BCUT2D eigenvalue weighted by Gasteiger charge is -2.04. The molecule has 0 saturated carbocycles. The number of hydrogen-bond donors (Lipinski definition) is 0. The molecular formula is C11H16. The zero-order chi connectivity index (χ0) is 8.10. The zero-order valence-corrected chi connectivity index (χ0v) is 7.43. The van der Waals surface area contributed by atoms with Crippen LogP contribution in [0.5, 0.6) is 0 Å². The van der Waals surface area contributed by atoms with Crippen LogP contribution < -0.4 is 0 Å². The summed E-state index contributed by atoms with van der Waals surface area (Å²) >= 11 is 0. The van der Waals surface area contributed by atoms with Gasteiger partial charge in [0.15, 0.2) is 0 Å². The summed E-state index contributed by atoms with van der Waals surface area (Å²) in [6, 6.07) is 0. The molecule has 0 spiro atoms. The van der Waals surface area contributed by atoms with Crippen molar-refractivity contribution in [1.29, 1.82) is 0 Å². The molecule has 0 aromatic carbocycles. The molecule has 0 saturated heterocycles. The minimum atomic E-state index is 1.19. The van der Waals surface area contributed by atoms with Crippen LogP contribution in [0, 0.1) is 0 Å². The molecule has 0 aromatic rings. The molecule has 1 aliphatic rings. The normalized spacial score (nSPS) is 14.5. The van der Waals surface area contributed by atoms with Gasteiger partial charge < -0.3 is 0 Å². The van der Waals surface area contributed by atoms with Crippen molar-refractivity contribution in [2.75, 3.05) is 0 Å². The molecule has 0 heteroatoms. The molecule has 0 unspecified atom stereocenters. The molecule has 60 valence electrons. The molecule has 0 aromatic heterocycles. The first-order valence-corrected chi connectivity index (χ1v) is 4.45. The summed E-state index contributed by atoms with van der Waals surface area (Å²) in [6.45, 7) is 4.47. The minimum absolute atomic E-state index is 1.19. The first-order valence-electron chi connectivity index (χ1n) is 4.45. The van der Waals surface area contributed by atoms with E-state index in [0.717, 1.165) is 0 Å². The first kappa shape index (κ1) is 8.32. The molecule has 0 radical (unpaired) electrons. The topological polar surface area (TPSA) is 0 Å². The second-order valence-electron chi connectivity index (χ2n) is 2.88. The van der Waals surface area contributed by atoms with Crippen molar-refractivity contribution in [2.24, 2.45) is 0 Å². The first-order chi connectivity index (χ1) is 5.38. The fourth-order valence-corrected chi connectivity index (χ4v) is 1.44. The highest BCUT2D eigenvalue weighted by Crippen LogP contribution is 2.19. The Bertz CT molecular complexity index is 190. The van der Waals surface area contributed by atoms with Crippen LogP contribution in [0.25, 0.3) is 0 Å². The Morgan fingerprint density at radius 1 is 1.18 bits per heavy atom. The summed E-state index contributed by atoms with van der Waals surface area (Å²) in [7, 11) is 0. The Morgan fingerprint density at radius 2 is 1.82 bits per heavy atom. The Morgan fingerprint density at radius 3 is 2.27 bits per heavy atom. The molecule has 0 heterocycles. The van der Waals surface area contributed by atoms with Crippen LogP contribution in [0.15, 0.2) is 35.5 Å². The fourth-order valence-electron chi connectivity index (χ4n) is 1.44. The van der Waals surface area contributed by atoms with E-state index in [1.54, 1.807) is 5.57 Å². The molecule has 11 heavy (non-hydrogen) atoms. The van der Waals surface area contributed by atoms with E-state index in [4.69, 9.17) is 0 Å². The third-order valence-electron chi connectivity index (χ3n) is 2.05. The van der Waals surface area contributed by atoms with E-state index in [9.17, 15) is 0 Å². The van der Waals surface area contributed by atoms with Crippen LogP contribution >= 0.6 is 0 Å². The average molecular weight is 148 g/mol. The SMILES string of the molecule is CCCC(CC)=C1C=CC=C1. The quantitative estimate of drug-likeness (QED) is 0.573. The second kappa shape index (κ2) is 4.17. The van der Waals surface area contributed by atoms with Gasteiger partial charge in [-0.15, -0.1) is 0 Å². The van der Waals surface area contributed by atoms with E-state index in [1.807, 2.05) is 0 Å². The van der Waals surface area contributed by atoms with E-state index >= 15 is 0 Å². The molecule has 0 nitrogen and oxygen atoms in total. The fraction of sp³-hybridized carbons (Fsp3) is 0.455. The molecule has 0 N–H and O–H groups in total. The van der Waals surface area contributed by atoms with Crippen LogP contribution in [0.1, 0.15) is 33.1 Å². The smallest absolute Gasteiger partial charge is 0.0265 e. The number of allylic oxidation sites excluding steroid dienone is 6. The van der Waals surface area contributed by atoms with Crippen molar-refractivity contribution in [3.63, 3.8) is 0 Å². The Hall–Kier alpha value is -0.780. The van der Waals surface area contributed by atoms with E-state index in [2.05, 4.69) is 38.2 Å². The molecule has 0 aliphatic heterocycles. The largest absolute Gasteiger partial charge is 0.0651 e. The minimum Gasteiger partial charge on any atom is -0.0651 e. The van der Waals surface area contributed by atoms with Crippen LogP contribution in [-0.2, 0) is 0 Å². The summed E-state index contributed by atoms with van der Waals surface area (Å²) in [4.78, 5) is 0. The lowest BCUT2D eigenvalue weighted by atomic mass is 10.0. The van der Waals surface area contributed by atoms with Crippen molar-refractivity contribution < 1.29 is 0 Å². The molecule has 0 bridgehead atoms. The maximum Gasteiger partial charge on any atom is -0.0265 e. The molecule has 1 aliphatic carbocycles. The Kier molecular flexibility index (Phi) is 3.15. The van der Waals surface area contributed by atoms with Gasteiger partial charge >= 0.3 is 0 Å². The van der Waals surface area contributed by atoms with Crippen LogP contribution in [-0.4, -0.2) is 0 Å². The van der Waals surface area contributed by atoms with Gasteiger partial charge in [-0.05, 0) is 18.4 Å². The van der Waals surface area contributed by atoms with Gasteiger partial charge in [0.25, 0.3) is 0 Å².